The van der Waals surface area contributed by atoms with Crippen LogP contribution in [-0.2, 0) is 9.53 Å². The zero-order chi connectivity index (χ0) is 19.1. The monoisotopic (exact) mass is 354 g/mol. The van der Waals surface area contributed by atoms with Gasteiger partial charge in [0.25, 0.3) is 0 Å². The molecule has 25 heavy (non-hydrogen) atoms. The Hall–Kier alpha value is -1.79. The number of amides is 1. The largest absolute Gasteiger partial charge is 0.444 e. The van der Waals surface area contributed by atoms with Gasteiger partial charge in [-0.1, -0.05) is 19.8 Å². The fraction of sp³-hybridized carbons (Fsp3) is 0.833. The quantitative estimate of drug-likeness (QED) is 0.387. The van der Waals surface area contributed by atoms with Crippen LogP contribution in [0.1, 0.15) is 59.8 Å². The lowest BCUT2D eigenvalue weighted by Crippen LogP contribution is -2.61. The van der Waals surface area contributed by atoms with Gasteiger partial charge in [-0.15, -0.1) is 0 Å². The first-order valence-corrected chi connectivity index (χ1v) is 9.16. The number of nitrogens with zero attached hydrogens (tertiary/aromatic N) is 1. The molecule has 1 saturated heterocycles. The van der Waals surface area contributed by atoms with Crippen molar-refractivity contribution < 1.29 is 14.3 Å². The molecule has 0 aromatic rings. The number of aldehydes is 1. The maximum Gasteiger partial charge on any atom is 0.410 e. The second-order valence-electron chi connectivity index (χ2n) is 7.78. The molecule has 2 unspecified atom stereocenters. The second-order valence-corrected chi connectivity index (χ2v) is 7.78. The summed E-state index contributed by atoms with van der Waals surface area (Å²) in [5, 5.41) is 13.7. The predicted molar refractivity (Wildman–Crippen MR) is 98.8 cm³/mol. The van der Waals surface area contributed by atoms with Crippen molar-refractivity contribution in [1.82, 2.24) is 15.5 Å². The number of nitrogens with one attached hydrogen (secondary N) is 3. The van der Waals surface area contributed by atoms with Crippen LogP contribution in [-0.4, -0.2) is 54.5 Å². The summed E-state index contributed by atoms with van der Waals surface area (Å²) < 4.78 is 5.48. The number of piperidine rings is 1. The molecule has 0 bridgehead atoms. The topological polar surface area (TPSA) is 94.5 Å². The first-order chi connectivity index (χ1) is 11.7. The first-order valence-electron chi connectivity index (χ1n) is 9.16. The van der Waals surface area contributed by atoms with E-state index in [1.54, 1.807) is 11.9 Å². The molecule has 0 saturated carbocycles. The maximum atomic E-state index is 12.4. The lowest BCUT2D eigenvalue weighted by molar-refractivity contribution is -0.116. The van der Waals surface area contributed by atoms with Crippen molar-refractivity contribution >= 4 is 18.3 Å². The van der Waals surface area contributed by atoms with E-state index in [-0.39, 0.29) is 18.0 Å². The third-order valence-corrected chi connectivity index (χ3v) is 4.56. The van der Waals surface area contributed by atoms with E-state index >= 15 is 0 Å². The van der Waals surface area contributed by atoms with Crippen LogP contribution in [0.15, 0.2) is 0 Å². The van der Waals surface area contributed by atoms with E-state index in [1.807, 2.05) is 20.8 Å². The molecule has 0 aromatic heterocycles. The van der Waals surface area contributed by atoms with Crippen molar-refractivity contribution in [2.45, 2.75) is 70.9 Å². The molecule has 1 aliphatic rings. The summed E-state index contributed by atoms with van der Waals surface area (Å²) >= 11 is 0. The molecule has 144 valence electrons. The highest BCUT2D eigenvalue weighted by atomic mass is 16.6. The summed E-state index contributed by atoms with van der Waals surface area (Å²) in [6, 6.07) is 0. The maximum absolute atomic E-state index is 12.4. The van der Waals surface area contributed by atoms with Crippen LogP contribution in [0.5, 0.6) is 0 Å². The van der Waals surface area contributed by atoms with Gasteiger partial charge in [-0.05, 0) is 40.0 Å². The molecule has 1 aliphatic heterocycles. The molecular weight excluding hydrogens is 320 g/mol. The van der Waals surface area contributed by atoms with Crippen LogP contribution in [0.2, 0.25) is 0 Å². The summed E-state index contributed by atoms with van der Waals surface area (Å²) in [6.07, 6.45) is 4.74. The molecule has 0 radical (unpaired) electrons. The number of carbonyl (C=O) groups excluding carboxylic acids is 2. The molecule has 3 N–H and O–H groups in total. The molecule has 2 atom stereocenters. The minimum atomic E-state index is -0.837. The van der Waals surface area contributed by atoms with Crippen molar-refractivity contribution in [2.75, 3.05) is 20.1 Å². The predicted octanol–water partition coefficient (Wildman–Crippen LogP) is 2.51. The third-order valence-electron chi connectivity index (χ3n) is 4.56. The molecule has 1 heterocycles. The average Bonchev–Trinajstić information content (AvgIpc) is 2.57. The van der Waals surface area contributed by atoms with E-state index in [0.29, 0.717) is 19.5 Å². The van der Waals surface area contributed by atoms with Crippen molar-refractivity contribution in [3.05, 3.63) is 0 Å². The van der Waals surface area contributed by atoms with Crippen LogP contribution in [0.3, 0.4) is 0 Å². The van der Waals surface area contributed by atoms with Crippen molar-refractivity contribution in [2.24, 2.45) is 5.92 Å². The molecule has 0 aromatic carbocycles. The van der Waals surface area contributed by atoms with Gasteiger partial charge in [0.05, 0.1) is 0 Å². The van der Waals surface area contributed by atoms with Crippen molar-refractivity contribution in [3.8, 4) is 0 Å². The summed E-state index contributed by atoms with van der Waals surface area (Å²) in [4.78, 5) is 26.2. The van der Waals surface area contributed by atoms with Gasteiger partial charge in [-0.3, -0.25) is 5.41 Å². The van der Waals surface area contributed by atoms with E-state index in [0.717, 1.165) is 32.0 Å². The Labute approximate surface area is 151 Å². The number of rotatable bonds is 6. The Morgan fingerprint density at radius 3 is 2.60 bits per heavy atom. The lowest BCUT2D eigenvalue weighted by atomic mass is 9.76. The minimum Gasteiger partial charge on any atom is -0.444 e. The van der Waals surface area contributed by atoms with Gasteiger partial charge in [-0.2, -0.15) is 0 Å². The molecule has 1 rings (SSSR count). The number of unbranched alkanes of at least 4 members (excludes halogenated alkanes) is 1. The molecular formula is C18H34N4O3. The number of hydrogen-bond donors (Lipinski definition) is 3. The zero-order valence-electron chi connectivity index (χ0n) is 16.3. The Kier molecular flexibility index (Phi) is 7.70. The molecule has 1 fully saturated rings. The summed E-state index contributed by atoms with van der Waals surface area (Å²) in [7, 11) is 1.65. The summed E-state index contributed by atoms with van der Waals surface area (Å²) in [6.45, 7) is 8.71. The Bertz CT molecular complexity index is 475. The molecule has 0 aliphatic carbocycles. The molecule has 7 nitrogen and oxygen atoms in total. The average molecular weight is 354 g/mol. The van der Waals surface area contributed by atoms with Gasteiger partial charge in [-0.25, -0.2) is 4.79 Å². The van der Waals surface area contributed by atoms with Crippen LogP contribution in [0, 0.1) is 11.3 Å². The summed E-state index contributed by atoms with van der Waals surface area (Å²) in [5.74, 6) is 0.0733. The van der Waals surface area contributed by atoms with E-state index < -0.39 is 11.1 Å². The van der Waals surface area contributed by atoms with Crippen LogP contribution in [0.4, 0.5) is 4.79 Å². The van der Waals surface area contributed by atoms with E-state index in [9.17, 15) is 9.59 Å². The second kappa shape index (κ2) is 9.06. The van der Waals surface area contributed by atoms with E-state index in [4.69, 9.17) is 10.1 Å². The smallest absolute Gasteiger partial charge is 0.410 e. The Balaban J connectivity index is 2.94. The normalized spacial score (nSPS) is 20.4. The number of hydrogen-bond acceptors (Lipinski definition) is 4. The highest BCUT2D eigenvalue weighted by molar-refractivity contribution is 5.82. The van der Waals surface area contributed by atoms with E-state index in [2.05, 4.69) is 17.6 Å². The SMILES string of the molecule is CCCCC(C=O)(NC(=N)NC)C1CCCN(C(=O)OC(C)(C)C)C1. The number of likely N-dealkylation sites (tertiary alicyclic amines) is 1. The van der Waals surface area contributed by atoms with Crippen LogP contribution < -0.4 is 10.6 Å². The lowest BCUT2D eigenvalue weighted by Gasteiger charge is -2.43. The molecule has 7 heteroatoms. The van der Waals surface area contributed by atoms with Gasteiger partial charge in [0.15, 0.2) is 5.96 Å². The first kappa shape index (κ1) is 21.3. The highest BCUT2D eigenvalue weighted by Crippen LogP contribution is 2.31. The van der Waals surface area contributed by atoms with Gasteiger partial charge in [0.1, 0.15) is 17.4 Å². The molecule has 1 amide bonds. The zero-order valence-corrected chi connectivity index (χ0v) is 16.3. The fourth-order valence-corrected chi connectivity index (χ4v) is 3.21. The number of guanidine groups is 1. The van der Waals surface area contributed by atoms with Crippen molar-refractivity contribution in [3.63, 3.8) is 0 Å². The minimum absolute atomic E-state index is 0.0495. The highest BCUT2D eigenvalue weighted by Gasteiger charge is 2.42. The molecule has 0 spiro atoms. The van der Waals surface area contributed by atoms with Crippen LogP contribution >= 0.6 is 0 Å². The Morgan fingerprint density at radius 2 is 2.08 bits per heavy atom. The standard InChI is InChI=1S/C18H34N4O3/c1-6-7-10-18(13-23,21-15(19)20-5)14-9-8-11-22(12-14)16(24)25-17(2,3)4/h13-14H,6-12H2,1-5H3,(H3,19,20,21). The van der Waals surface area contributed by atoms with Gasteiger partial charge >= 0.3 is 6.09 Å². The van der Waals surface area contributed by atoms with Gasteiger partial charge in [0, 0.05) is 26.1 Å². The Morgan fingerprint density at radius 1 is 1.40 bits per heavy atom. The van der Waals surface area contributed by atoms with Crippen molar-refractivity contribution in [1.29, 1.82) is 5.41 Å². The van der Waals surface area contributed by atoms with Crippen LogP contribution in [0.25, 0.3) is 0 Å². The number of carbonyl (C=O) groups is 2. The van der Waals surface area contributed by atoms with E-state index in [1.165, 1.54) is 0 Å². The third kappa shape index (κ3) is 6.21. The number of ether oxygens (including phenoxy) is 1. The van der Waals surface area contributed by atoms with Gasteiger partial charge < -0.3 is 25.1 Å². The summed E-state index contributed by atoms with van der Waals surface area (Å²) in [5.41, 5.74) is -1.38. The van der Waals surface area contributed by atoms with Gasteiger partial charge in [0.2, 0.25) is 0 Å². The fourth-order valence-electron chi connectivity index (χ4n) is 3.21.